The predicted molar refractivity (Wildman–Crippen MR) is 67.9 cm³/mol. The molecule has 0 aliphatic rings. The van der Waals surface area contributed by atoms with Crippen molar-refractivity contribution < 1.29 is 27.1 Å². The summed E-state index contributed by atoms with van der Waals surface area (Å²) in [6.45, 7) is -1.39. The van der Waals surface area contributed by atoms with E-state index in [2.05, 4.69) is 0 Å². The lowest BCUT2D eigenvalue weighted by atomic mass is 10.2. The van der Waals surface area contributed by atoms with Gasteiger partial charge in [0, 0.05) is 5.56 Å². The third-order valence-corrected chi connectivity index (χ3v) is 2.54. The SMILES string of the molecule is O=C(NCC(F)(F)F)c1occc1COc1ccccc1. The van der Waals surface area contributed by atoms with Crippen LogP contribution in [0.1, 0.15) is 16.1 Å². The zero-order valence-electron chi connectivity index (χ0n) is 10.8. The number of nitrogens with one attached hydrogen (secondary N) is 1. The normalized spacial score (nSPS) is 11.2. The number of benzene rings is 1. The monoisotopic (exact) mass is 299 g/mol. The molecule has 0 unspecified atom stereocenters. The number of para-hydroxylation sites is 1. The molecule has 0 radical (unpaired) electrons. The van der Waals surface area contributed by atoms with Gasteiger partial charge in [0.2, 0.25) is 0 Å². The molecule has 2 aromatic rings. The van der Waals surface area contributed by atoms with Gasteiger partial charge in [-0.3, -0.25) is 4.79 Å². The Kier molecular flexibility index (Phi) is 4.52. The highest BCUT2D eigenvalue weighted by Crippen LogP contribution is 2.17. The average molecular weight is 299 g/mol. The Morgan fingerprint density at radius 1 is 1.19 bits per heavy atom. The van der Waals surface area contributed by atoms with Gasteiger partial charge in [0.05, 0.1) is 6.26 Å². The molecule has 0 saturated carbocycles. The minimum absolute atomic E-state index is 0.0231. The highest BCUT2D eigenvalue weighted by Gasteiger charge is 2.29. The molecule has 0 atom stereocenters. The summed E-state index contributed by atoms with van der Waals surface area (Å²) in [6.07, 6.45) is -3.24. The van der Waals surface area contributed by atoms with Crippen LogP contribution in [0, 0.1) is 0 Å². The van der Waals surface area contributed by atoms with E-state index in [1.54, 1.807) is 29.6 Å². The van der Waals surface area contributed by atoms with Gasteiger partial charge < -0.3 is 14.5 Å². The van der Waals surface area contributed by atoms with Crippen LogP contribution < -0.4 is 10.1 Å². The summed E-state index contributed by atoms with van der Waals surface area (Å²) in [5.74, 6) is -0.528. The minimum Gasteiger partial charge on any atom is -0.489 e. The summed E-state index contributed by atoms with van der Waals surface area (Å²) < 4.78 is 46.5. The van der Waals surface area contributed by atoms with Gasteiger partial charge in [-0.1, -0.05) is 18.2 Å². The molecule has 1 aromatic carbocycles. The molecule has 0 aliphatic carbocycles. The van der Waals surface area contributed by atoms with Crippen molar-refractivity contribution in [1.29, 1.82) is 0 Å². The topological polar surface area (TPSA) is 51.5 Å². The van der Waals surface area contributed by atoms with E-state index in [1.807, 2.05) is 6.07 Å². The van der Waals surface area contributed by atoms with Crippen molar-refractivity contribution >= 4 is 5.91 Å². The van der Waals surface area contributed by atoms with Crippen LogP contribution in [0.25, 0.3) is 0 Å². The molecule has 2 rings (SSSR count). The lowest BCUT2D eigenvalue weighted by Crippen LogP contribution is -2.34. The number of hydrogen-bond donors (Lipinski definition) is 1. The van der Waals surface area contributed by atoms with E-state index in [4.69, 9.17) is 9.15 Å². The van der Waals surface area contributed by atoms with E-state index in [-0.39, 0.29) is 12.4 Å². The first-order valence-corrected chi connectivity index (χ1v) is 6.05. The summed E-state index contributed by atoms with van der Waals surface area (Å²) in [6, 6.07) is 10.3. The van der Waals surface area contributed by atoms with Crippen LogP contribution in [0.15, 0.2) is 47.1 Å². The molecule has 1 heterocycles. The lowest BCUT2D eigenvalue weighted by molar-refractivity contribution is -0.123. The van der Waals surface area contributed by atoms with Gasteiger partial charge in [-0.15, -0.1) is 0 Å². The minimum atomic E-state index is -4.47. The number of carbonyl (C=O) groups is 1. The Morgan fingerprint density at radius 2 is 1.90 bits per heavy atom. The molecule has 21 heavy (non-hydrogen) atoms. The van der Waals surface area contributed by atoms with E-state index in [9.17, 15) is 18.0 Å². The second kappa shape index (κ2) is 6.34. The van der Waals surface area contributed by atoms with E-state index >= 15 is 0 Å². The van der Waals surface area contributed by atoms with Crippen LogP contribution in [0.3, 0.4) is 0 Å². The van der Waals surface area contributed by atoms with E-state index in [0.29, 0.717) is 11.3 Å². The van der Waals surface area contributed by atoms with Crippen molar-refractivity contribution in [2.75, 3.05) is 6.54 Å². The van der Waals surface area contributed by atoms with Gasteiger partial charge in [-0.2, -0.15) is 13.2 Å². The molecule has 7 heteroatoms. The molecule has 0 bridgehead atoms. The van der Waals surface area contributed by atoms with Crippen molar-refractivity contribution in [3.63, 3.8) is 0 Å². The lowest BCUT2D eigenvalue weighted by Gasteiger charge is -2.08. The number of furan rings is 1. The summed E-state index contributed by atoms with van der Waals surface area (Å²) in [5.41, 5.74) is 0.374. The number of halogens is 3. The largest absolute Gasteiger partial charge is 0.489 e. The first-order valence-electron chi connectivity index (χ1n) is 6.05. The van der Waals surface area contributed by atoms with Crippen LogP contribution in [-0.2, 0) is 6.61 Å². The Hall–Kier alpha value is -2.44. The molecular formula is C14H12F3NO3. The number of rotatable bonds is 5. The first kappa shape index (κ1) is 15.0. The van der Waals surface area contributed by atoms with Gasteiger partial charge in [0.15, 0.2) is 5.76 Å². The summed E-state index contributed by atoms with van der Waals surface area (Å²) in [5, 5.41) is 1.75. The number of alkyl halides is 3. The van der Waals surface area contributed by atoms with Gasteiger partial charge in [0.1, 0.15) is 18.9 Å². The third-order valence-electron chi connectivity index (χ3n) is 2.54. The van der Waals surface area contributed by atoms with E-state index in [0.717, 1.165) is 0 Å². The predicted octanol–water partition coefficient (Wildman–Crippen LogP) is 3.15. The second-order valence-corrected chi connectivity index (χ2v) is 4.17. The summed E-state index contributed by atoms with van der Waals surface area (Å²) in [7, 11) is 0. The van der Waals surface area contributed by atoms with Crippen molar-refractivity contribution in [2.24, 2.45) is 0 Å². The Morgan fingerprint density at radius 3 is 2.57 bits per heavy atom. The third kappa shape index (κ3) is 4.55. The maximum absolute atomic E-state index is 12.1. The van der Waals surface area contributed by atoms with Crippen molar-refractivity contribution in [1.82, 2.24) is 5.32 Å². The maximum Gasteiger partial charge on any atom is 0.405 e. The molecule has 112 valence electrons. The average Bonchev–Trinajstić information content (AvgIpc) is 2.91. The highest BCUT2D eigenvalue weighted by atomic mass is 19.4. The zero-order valence-corrected chi connectivity index (χ0v) is 10.8. The van der Waals surface area contributed by atoms with Crippen molar-refractivity contribution in [2.45, 2.75) is 12.8 Å². The molecule has 0 fully saturated rings. The fourth-order valence-corrected chi connectivity index (χ4v) is 1.59. The number of ether oxygens (including phenoxy) is 1. The molecule has 0 spiro atoms. The molecule has 1 aromatic heterocycles. The quantitative estimate of drug-likeness (QED) is 0.922. The molecule has 0 aliphatic heterocycles. The van der Waals surface area contributed by atoms with Gasteiger partial charge in [0.25, 0.3) is 5.91 Å². The molecular weight excluding hydrogens is 287 g/mol. The molecule has 1 amide bonds. The Balaban J connectivity index is 1.96. The van der Waals surface area contributed by atoms with Crippen molar-refractivity contribution in [3.8, 4) is 5.75 Å². The molecule has 4 nitrogen and oxygen atoms in total. The first-order chi connectivity index (χ1) is 9.96. The Bertz CT molecular complexity index is 593. The summed E-state index contributed by atoms with van der Waals surface area (Å²) in [4.78, 5) is 11.6. The van der Waals surface area contributed by atoms with Crippen LogP contribution in [0.2, 0.25) is 0 Å². The summed E-state index contributed by atoms with van der Waals surface area (Å²) >= 11 is 0. The van der Waals surface area contributed by atoms with Crippen LogP contribution in [0.4, 0.5) is 13.2 Å². The van der Waals surface area contributed by atoms with Gasteiger partial charge in [-0.25, -0.2) is 0 Å². The molecule has 0 saturated heterocycles. The fraction of sp³-hybridized carbons (Fsp3) is 0.214. The highest BCUT2D eigenvalue weighted by molar-refractivity contribution is 5.92. The van der Waals surface area contributed by atoms with E-state index in [1.165, 1.54) is 12.3 Å². The van der Waals surface area contributed by atoms with Crippen LogP contribution >= 0.6 is 0 Å². The smallest absolute Gasteiger partial charge is 0.405 e. The zero-order chi connectivity index (χ0) is 15.3. The maximum atomic E-state index is 12.1. The second-order valence-electron chi connectivity index (χ2n) is 4.17. The molecule has 1 N–H and O–H groups in total. The number of hydrogen-bond acceptors (Lipinski definition) is 3. The number of carbonyl (C=O) groups excluding carboxylic acids is 1. The number of amides is 1. The van der Waals surface area contributed by atoms with Crippen LogP contribution in [-0.4, -0.2) is 18.6 Å². The van der Waals surface area contributed by atoms with Gasteiger partial charge >= 0.3 is 6.18 Å². The van der Waals surface area contributed by atoms with Gasteiger partial charge in [-0.05, 0) is 18.2 Å². The Labute approximate surface area is 118 Å². The van der Waals surface area contributed by atoms with E-state index < -0.39 is 18.6 Å². The standard InChI is InChI=1S/C14H12F3NO3/c15-14(16,17)9-18-13(19)12-10(6-7-20-12)8-21-11-4-2-1-3-5-11/h1-7H,8-9H2,(H,18,19). The van der Waals surface area contributed by atoms with Crippen molar-refractivity contribution in [3.05, 3.63) is 54.0 Å². The fourth-order valence-electron chi connectivity index (χ4n) is 1.59. The van der Waals surface area contributed by atoms with Crippen LogP contribution in [0.5, 0.6) is 5.75 Å².